The van der Waals surface area contributed by atoms with E-state index >= 15 is 0 Å². The molecule has 1 aliphatic heterocycles. The Labute approximate surface area is 173 Å². The molecule has 1 atom stereocenters. The van der Waals surface area contributed by atoms with Gasteiger partial charge in [-0.2, -0.15) is 15.5 Å². The number of aromatic nitrogens is 5. The van der Waals surface area contributed by atoms with Crippen molar-refractivity contribution in [3.8, 4) is 11.9 Å². The third-order valence-corrected chi connectivity index (χ3v) is 5.20. The number of amides is 2. The topological polar surface area (TPSA) is 113 Å². The minimum absolute atomic E-state index is 0.268. The molecule has 0 saturated heterocycles. The molecule has 1 N–H and O–H groups in total. The molecule has 1 aliphatic rings. The first kappa shape index (κ1) is 18.3. The Morgan fingerprint density at radius 3 is 2.82 bits per heavy atom. The number of fused-ring (bicyclic) bond motifs is 1. The van der Waals surface area contributed by atoms with E-state index in [-0.39, 0.29) is 17.5 Å². The van der Waals surface area contributed by atoms with Crippen LogP contribution in [0.2, 0.25) is 5.02 Å². The third-order valence-electron chi connectivity index (χ3n) is 4.24. The Kier molecular flexibility index (Phi) is 4.93. The summed E-state index contributed by atoms with van der Waals surface area (Å²) < 4.78 is 0.767. The molecule has 0 aliphatic carbocycles. The van der Waals surface area contributed by atoms with Gasteiger partial charge in [0.1, 0.15) is 0 Å². The number of nitrogens with zero attached hydrogens (tertiary/aromatic N) is 7. The summed E-state index contributed by atoms with van der Waals surface area (Å²) in [5.74, 6) is 0.0394. The number of carbonyl (C=O) groups is 1. The van der Waals surface area contributed by atoms with Crippen LogP contribution in [0.5, 0.6) is 0 Å². The van der Waals surface area contributed by atoms with Gasteiger partial charge in [0.25, 0.3) is 0 Å². The van der Waals surface area contributed by atoms with Crippen molar-refractivity contribution in [2.75, 3.05) is 16.8 Å². The molecule has 3 aromatic rings. The van der Waals surface area contributed by atoms with E-state index < -0.39 is 6.03 Å². The molecule has 0 spiro atoms. The molecular formula is C17H12BrClN8O. The zero-order valence-electron chi connectivity index (χ0n) is 14.3. The summed E-state index contributed by atoms with van der Waals surface area (Å²) in [6, 6.07) is 3.41. The van der Waals surface area contributed by atoms with Gasteiger partial charge in [0.2, 0.25) is 0 Å². The van der Waals surface area contributed by atoms with Gasteiger partial charge in [0.05, 0.1) is 53.2 Å². The molecule has 9 nitrogen and oxygen atoms in total. The first-order valence-electron chi connectivity index (χ1n) is 8.19. The molecule has 0 saturated carbocycles. The predicted octanol–water partition coefficient (Wildman–Crippen LogP) is 3.21. The Balaban J connectivity index is 1.60. The van der Waals surface area contributed by atoms with Gasteiger partial charge in [-0.05, 0) is 34.0 Å². The fourth-order valence-electron chi connectivity index (χ4n) is 2.96. The Morgan fingerprint density at radius 1 is 1.32 bits per heavy atom. The summed E-state index contributed by atoms with van der Waals surface area (Å²) >= 11 is 9.70. The molecule has 2 amide bonds. The van der Waals surface area contributed by atoms with Crippen molar-refractivity contribution in [3.05, 3.63) is 52.1 Å². The van der Waals surface area contributed by atoms with E-state index in [1.165, 1.54) is 28.3 Å². The number of rotatable bonds is 2. The number of nitriles is 1. The van der Waals surface area contributed by atoms with Gasteiger partial charge in [0.15, 0.2) is 5.82 Å². The van der Waals surface area contributed by atoms with Crippen molar-refractivity contribution < 1.29 is 4.79 Å². The van der Waals surface area contributed by atoms with Crippen LogP contribution in [-0.4, -0.2) is 37.5 Å². The van der Waals surface area contributed by atoms with Gasteiger partial charge in [-0.25, -0.2) is 9.78 Å². The van der Waals surface area contributed by atoms with Crippen LogP contribution in [0, 0.1) is 17.2 Å². The summed E-state index contributed by atoms with van der Waals surface area (Å²) in [4.78, 5) is 24.0. The zero-order valence-corrected chi connectivity index (χ0v) is 16.6. The molecule has 4 heterocycles. The zero-order chi connectivity index (χ0) is 19.7. The van der Waals surface area contributed by atoms with E-state index in [2.05, 4.69) is 47.5 Å². The van der Waals surface area contributed by atoms with Gasteiger partial charge < -0.3 is 5.32 Å². The van der Waals surface area contributed by atoms with Crippen LogP contribution in [0.15, 0.2) is 41.5 Å². The quantitative estimate of drug-likeness (QED) is 0.630. The lowest BCUT2D eigenvalue weighted by atomic mass is 9.95. The molecule has 28 heavy (non-hydrogen) atoms. The van der Waals surface area contributed by atoms with Crippen LogP contribution < -0.4 is 10.2 Å². The van der Waals surface area contributed by atoms with E-state index in [1.807, 2.05) is 0 Å². The molecular weight excluding hydrogens is 448 g/mol. The molecule has 0 bridgehead atoms. The number of urea groups is 1. The molecule has 11 heteroatoms. The Hall–Kier alpha value is -3.03. The van der Waals surface area contributed by atoms with Crippen molar-refractivity contribution >= 4 is 44.9 Å². The SMILES string of the molecule is N#CC1Cc2c(Br)cncc2N(C(=O)Nc2cnc(-n3nccn3)c(Cl)c2)C1. The molecule has 1 unspecified atom stereocenters. The highest BCUT2D eigenvalue weighted by Gasteiger charge is 2.30. The number of hydrogen-bond donors (Lipinski definition) is 1. The summed E-state index contributed by atoms with van der Waals surface area (Å²) in [5.41, 5.74) is 1.95. The normalized spacial score (nSPS) is 15.6. The summed E-state index contributed by atoms with van der Waals surface area (Å²) in [5, 5.41) is 20.4. The molecule has 3 aromatic heterocycles. The average Bonchev–Trinajstić information content (AvgIpc) is 3.22. The maximum Gasteiger partial charge on any atom is 0.326 e. The van der Waals surface area contributed by atoms with Crippen LogP contribution in [0.1, 0.15) is 5.56 Å². The van der Waals surface area contributed by atoms with Crippen LogP contribution in [0.3, 0.4) is 0 Å². The first-order valence-corrected chi connectivity index (χ1v) is 9.36. The second-order valence-corrected chi connectivity index (χ2v) is 7.30. The summed E-state index contributed by atoms with van der Waals surface area (Å²) in [6.07, 6.45) is 8.32. The minimum atomic E-state index is -0.399. The molecule has 0 radical (unpaired) electrons. The summed E-state index contributed by atoms with van der Waals surface area (Å²) in [7, 11) is 0. The van der Waals surface area contributed by atoms with Gasteiger partial charge in [-0.3, -0.25) is 9.88 Å². The predicted molar refractivity (Wildman–Crippen MR) is 105 cm³/mol. The first-order chi connectivity index (χ1) is 13.6. The van der Waals surface area contributed by atoms with Crippen molar-refractivity contribution in [2.24, 2.45) is 5.92 Å². The monoisotopic (exact) mass is 458 g/mol. The minimum Gasteiger partial charge on any atom is -0.306 e. The second kappa shape index (κ2) is 7.53. The highest BCUT2D eigenvalue weighted by atomic mass is 79.9. The molecule has 4 rings (SSSR count). The Morgan fingerprint density at radius 2 is 2.11 bits per heavy atom. The maximum atomic E-state index is 12.9. The van der Waals surface area contributed by atoms with Crippen molar-refractivity contribution in [3.63, 3.8) is 0 Å². The van der Waals surface area contributed by atoms with E-state index in [4.69, 9.17) is 11.6 Å². The Bertz CT molecular complexity index is 1080. The number of nitrogens with one attached hydrogen (secondary N) is 1. The molecule has 0 aromatic carbocycles. The third kappa shape index (κ3) is 3.42. The largest absolute Gasteiger partial charge is 0.326 e. The highest BCUT2D eigenvalue weighted by Crippen LogP contribution is 2.34. The van der Waals surface area contributed by atoms with E-state index in [0.717, 1.165) is 10.0 Å². The fraction of sp³-hybridized carbons (Fsp3) is 0.176. The van der Waals surface area contributed by atoms with Crippen LogP contribution in [0.4, 0.5) is 16.2 Å². The number of hydrogen-bond acceptors (Lipinski definition) is 6. The lowest BCUT2D eigenvalue weighted by molar-refractivity contribution is 0.255. The van der Waals surface area contributed by atoms with Gasteiger partial charge in [-0.15, -0.1) is 4.80 Å². The molecule has 0 fully saturated rings. The molecule has 140 valence electrons. The van der Waals surface area contributed by atoms with Crippen molar-refractivity contribution in [2.45, 2.75) is 6.42 Å². The van der Waals surface area contributed by atoms with Crippen LogP contribution in [-0.2, 0) is 6.42 Å². The average molecular weight is 460 g/mol. The number of carbonyl (C=O) groups excluding carboxylic acids is 1. The van der Waals surface area contributed by atoms with E-state index in [0.29, 0.717) is 23.6 Å². The summed E-state index contributed by atoms with van der Waals surface area (Å²) in [6.45, 7) is 0.268. The smallest absolute Gasteiger partial charge is 0.306 e. The number of anilines is 2. The van der Waals surface area contributed by atoms with E-state index in [9.17, 15) is 10.1 Å². The van der Waals surface area contributed by atoms with Crippen molar-refractivity contribution in [1.82, 2.24) is 25.0 Å². The number of halogens is 2. The van der Waals surface area contributed by atoms with Crippen LogP contribution >= 0.6 is 27.5 Å². The lowest BCUT2D eigenvalue weighted by Gasteiger charge is -2.32. The highest BCUT2D eigenvalue weighted by molar-refractivity contribution is 9.10. The lowest BCUT2D eigenvalue weighted by Crippen LogP contribution is -2.42. The van der Waals surface area contributed by atoms with Crippen LogP contribution in [0.25, 0.3) is 5.82 Å². The van der Waals surface area contributed by atoms with Gasteiger partial charge >= 0.3 is 6.03 Å². The van der Waals surface area contributed by atoms with Crippen molar-refractivity contribution in [1.29, 1.82) is 5.26 Å². The standard InChI is InChI=1S/C17H12BrClN8O/c18-13-7-21-8-15-12(13)3-10(5-20)9-26(15)17(28)25-11-4-14(19)16(22-6-11)27-23-1-2-24-27/h1-2,4,6-8,10H,3,9H2,(H,25,28). The van der Waals surface area contributed by atoms with E-state index in [1.54, 1.807) is 18.5 Å². The number of pyridine rings is 2. The fourth-order valence-corrected chi connectivity index (χ4v) is 3.68. The van der Waals surface area contributed by atoms with Gasteiger partial charge in [-0.1, -0.05) is 11.6 Å². The maximum absolute atomic E-state index is 12.9. The second-order valence-electron chi connectivity index (χ2n) is 6.04. The van der Waals surface area contributed by atoms with Gasteiger partial charge in [0, 0.05) is 17.2 Å².